The van der Waals surface area contributed by atoms with Gasteiger partial charge in [-0.1, -0.05) is 63.3 Å². The van der Waals surface area contributed by atoms with Crippen LogP contribution in [0.1, 0.15) is 45.1 Å². The summed E-state index contributed by atoms with van der Waals surface area (Å²) in [4.78, 5) is 0. The van der Waals surface area contributed by atoms with Crippen molar-refractivity contribution < 1.29 is 4.39 Å². The molecule has 1 aromatic rings. The Balaban J connectivity index is 2.07. The third kappa shape index (κ3) is 4.20. The summed E-state index contributed by atoms with van der Waals surface area (Å²) < 4.78 is 14.1. The van der Waals surface area contributed by atoms with Crippen LogP contribution in [0.25, 0.3) is 0 Å². The smallest absolute Gasteiger partial charge is 0.144 e. The second kappa shape index (κ2) is 7.42. The van der Waals surface area contributed by atoms with E-state index in [0.717, 1.165) is 24.4 Å². The highest BCUT2D eigenvalue weighted by molar-refractivity contribution is 6.30. The Labute approximate surface area is 126 Å². The number of halogens is 2. The molecule has 1 unspecified atom stereocenters. The van der Waals surface area contributed by atoms with E-state index < -0.39 is 0 Å². The summed E-state index contributed by atoms with van der Waals surface area (Å²) in [5, 5.41) is 3.76. The van der Waals surface area contributed by atoms with Gasteiger partial charge in [-0.2, -0.15) is 0 Å². The Morgan fingerprint density at radius 2 is 2.00 bits per heavy atom. The minimum absolute atomic E-state index is 0.235. The van der Waals surface area contributed by atoms with Crippen molar-refractivity contribution in [2.45, 2.75) is 52.0 Å². The van der Waals surface area contributed by atoms with Crippen molar-refractivity contribution in [3.05, 3.63) is 34.6 Å². The molecule has 0 heterocycles. The van der Waals surface area contributed by atoms with E-state index in [1.54, 1.807) is 6.07 Å². The van der Waals surface area contributed by atoms with Crippen LogP contribution in [0.15, 0.2) is 18.2 Å². The van der Waals surface area contributed by atoms with Crippen LogP contribution in [0.5, 0.6) is 0 Å². The maximum Gasteiger partial charge on any atom is 0.144 e. The van der Waals surface area contributed by atoms with Gasteiger partial charge in [0.05, 0.1) is 5.02 Å². The van der Waals surface area contributed by atoms with Crippen molar-refractivity contribution in [2.24, 2.45) is 11.8 Å². The number of hydrogen-bond acceptors (Lipinski definition) is 1. The molecule has 0 spiro atoms. The van der Waals surface area contributed by atoms with Gasteiger partial charge >= 0.3 is 0 Å². The second-order valence-corrected chi connectivity index (χ2v) is 6.69. The molecule has 20 heavy (non-hydrogen) atoms. The first-order valence-corrected chi connectivity index (χ1v) is 8.12. The van der Waals surface area contributed by atoms with Gasteiger partial charge in [0.1, 0.15) is 5.82 Å². The maximum absolute atomic E-state index is 14.1. The average molecular weight is 298 g/mol. The summed E-state index contributed by atoms with van der Waals surface area (Å²) in [6, 6.07) is 5.82. The Bertz CT molecular complexity index is 427. The van der Waals surface area contributed by atoms with Crippen molar-refractivity contribution in [2.75, 3.05) is 6.54 Å². The topological polar surface area (TPSA) is 12.0 Å². The lowest BCUT2D eigenvalue weighted by atomic mass is 9.85. The summed E-state index contributed by atoms with van der Waals surface area (Å²) in [6.07, 6.45) is 6.00. The lowest BCUT2D eigenvalue weighted by molar-refractivity contribution is 0.310. The van der Waals surface area contributed by atoms with Gasteiger partial charge in [-0.15, -0.1) is 0 Å². The van der Waals surface area contributed by atoms with Crippen molar-refractivity contribution in [3.63, 3.8) is 0 Å². The van der Waals surface area contributed by atoms with Crippen LogP contribution in [0, 0.1) is 17.7 Å². The van der Waals surface area contributed by atoms with Crippen LogP contribution in [-0.4, -0.2) is 12.6 Å². The van der Waals surface area contributed by atoms with Crippen molar-refractivity contribution in [3.8, 4) is 0 Å². The monoisotopic (exact) mass is 297 g/mol. The Hall–Kier alpha value is -0.600. The fraction of sp³-hybridized carbons (Fsp3) is 0.647. The zero-order chi connectivity index (χ0) is 14.5. The predicted octanol–water partition coefficient (Wildman–Crippen LogP) is 4.83. The van der Waals surface area contributed by atoms with E-state index in [0.29, 0.717) is 12.0 Å². The summed E-state index contributed by atoms with van der Waals surface area (Å²) in [6.45, 7) is 5.28. The van der Waals surface area contributed by atoms with Gasteiger partial charge in [0.2, 0.25) is 0 Å². The number of nitrogens with one attached hydrogen (secondary N) is 1. The molecule has 1 aliphatic rings. The van der Waals surface area contributed by atoms with Gasteiger partial charge in [0, 0.05) is 6.04 Å². The lowest BCUT2D eigenvalue weighted by Crippen LogP contribution is -2.33. The summed E-state index contributed by atoms with van der Waals surface area (Å²) in [7, 11) is 0. The van der Waals surface area contributed by atoms with Gasteiger partial charge in [-0.05, 0) is 36.4 Å². The molecule has 1 atom stereocenters. The molecule has 2 rings (SSSR count). The molecule has 1 saturated carbocycles. The minimum Gasteiger partial charge on any atom is -0.314 e. The quantitative estimate of drug-likeness (QED) is 0.793. The van der Waals surface area contributed by atoms with Crippen LogP contribution >= 0.6 is 11.6 Å². The van der Waals surface area contributed by atoms with E-state index >= 15 is 0 Å². The van der Waals surface area contributed by atoms with E-state index in [2.05, 4.69) is 19.2 Å². The number of rotatable bonds is 6. The minimum atomic E-state index is -0.235. The van der Waals surface area contributed by atoms with E-state index in [4.69, 9.17) is 11.6 Å². The van der Waals surface area contributed by atoms with Crippen LogP contribution in [0.4, 0.5) is 4.39 Å². The zero-order valence-corrected chi connectivity index (χ0v) is 13.2. The predicted molar refractivity (Wildman–Crippen MR) is 83.7 cm³/mol. The molecule has 1 aliphatic carbocycles. The first-order chi connectivity index (χ1) is 9.58. The second-order valence-electron chi connectivity index (χ2n) is 6.28. The largest absolute Gasteiger partial charge is 0.314 e. The highest BCUT2D eigenvalue weighted by Gasteiger charge is 2.26. The lowest BCUT2D eigenvalue weighted by Gasteiger charge is -2.25. The van der Waals surface area contributed by atoms with E-state index in [1.807, 2.05) is 12.1 Å². The molecule has 0 saturated heterocycles. The molecule has 0 bridgehead atoms. The first kappa shape index (κ1) is 15.8. The fourth-order valence-corrected chi connectivity index (χ4v) is 3.40. The summed E-state index contributed by atoms with van der Waals surface area (Å²) in [5.41, 5.74) is 0.764. The normalized spacial score (nSPS) is 17.9. The third-order valence-electron chi connectivity index (χ3n) is 4.37. The highest BCUT2D eigenvalue weighted by Crippen LogP contribution is 2.34. The van der Waals surface area contributed by atoms with E-state index in [9.17, 15) is 4.39 Å². The number of benzene rings is 1. The van der Waals surface area contributed by atoms with Crippen LogP contribution < -0.4 is 5.32 Å². The fourth-order valence-electron chi connectivity index (χ4n) is 3.21. The van der Waals surface area contributed by atoms with Crippen molar-refractivity contribution in [1.29, 1.82) is 0 Å². The maximum atomic E-state index is 14.1. The molecule has 0 aliphatic heterocycles. The molecule has 0 aromatic heterocycles. The molecule has 1 fully saturated rings. The van der Waals surface area contributed by atoms with Crippen molar-refractivity contribution >= 4 is 11.6 Å². The third-order valence-corrected chi connectivity index (χ3v) is 4.66. The van der Waals surface area contributed by atoms with Crippen LogP contribution in [-0.2, 0) is 6.42 Å². The Kier molecular flexibility index (Phi) is 5.86. The molecular formula is C17H25ClFN. The Morgan fingerprint density at radius 1 is 1.30 bits per heavy atom. The average Bonchev–Trinajstić information content (AvgIpc) is 2.93. The molecule has 1 nitrogen and oxygen atoms in total. The van der Waals surface area contributed by atoms with Crippen LogP contribution in [0.3, 0.4) is 0 Å². The first-order valence-electron chi connectivity index (χ1n) is 7.74. The molecule has 1 aromatic carbocycles. The molecule has 1 N–H and O–H groups in total. The highest BCUT2D eigenvalue weighted by atomic mass is 35.5. The molecular weight excluding hydrogens is 273 g/mol. The zero-order valence-electron chi connectivity index (χ0n) is 12.5. The molecule has 3 heteroatoms. The van der Waals surface area contributed by atoms with E-state index in [-0.39, 0.29) is 10.8 Å². The summed E-state index contributed by atoms with van der Waals surface area (Å²) in [5.74, 6) is 0.995. The van der Waals surface area contributed by atoms with Gasteiger partial charge < -0.3 is 5.32 Å². The van der Waals surface area contributed by atoms with Gasteiger partial charge in [-0.3, -0.25) is 0 Å². The van der Waals surface area contributed by atoms with Gasteiger partial charge in [0.25, 0.3) is 0 Å². The van der Waals surface area contributed by atoms with Crippen molar-refractivity contribution in [1.82, 2.24) is 5.32 Å². The Morgan fingerprint density at radius 3 is 2.65 bits per heavy atom. The number of hydrogen-bond donors (Lipinski definition) is 1. The SMILES string of the molecule is CC(C)NCC(Cc1cccc(Cl)c1F)C1CCCC1. The van der Waals surface area contributed by atoms with Gasteiger partial charge in [0.15, 0.2) is 0 Å². The van der Waals surface area contributed by atoms with Gasteiger partial charge in [-0.25, -0.2) is 4.39 Å². The van der Waals surface area contributed by atoms with E-state index in [1.165, 1.54) is 25.7 Å². The molecule has 0 amide bonds. The standard InChI is InChI=1S/C17H25ClFN/c1-12(2)20-11-15(13-6-3-4-7-13)10-14-8-5-9-16(18)17(14)19/h5,8-9,12-13,15,20H,3-4,6-7,10-11H2,1-2H3. The summed E-state index contributed by atoms with van der Waals surface area (Å²) >= 11 is 5.89. The molecule has 0 radical (unpaired) electrons. The van der Waals surface area contributed by atoms with Crippen LogP contribution in [0.2, 0.25) is 5.02 Å². The molecule has 112 valence electrons.